The molecule has 0 aliphatic rings. The molecule has 27 heavy (non-hydrogen) atoms. The molecule has 0 atom stereocenters. The summed E-state index contributed by atoms with van der Waals surface area (Å²) in [5.74, 6) is -4.89. The molecule has 3 rings (SSSR count). The van der Waals surface area contributed by atoms with Gasteiger partial charge in [0.05, 0.1) is 5.69 Å². The highest BCUT2D eigenvalue weighted by Gasteiger charge is 2.16. The van der Waals surface area contributed by atoms with Crippen molar-refractivity contribution < 1.29 is 18.0 Å². The van der Waals surface area contributed by atoms with Crippen LogP contribution < -0.4 is 10.6 Å². The molecule has 9 heteroatoms. The van der Waals surface area contributed by atoms with Crippen LogP contribution in [0.3, 0.4) is 0 Å². The van der Waals surface area contributed by atoms with Gasteiger partial charge in [0, 0.05) is 11.6 Å². The van der Waals surface area contributed by atoms with Gasteiger partial charge in [-0.2, -0.15) is 0 Å². The molecule has 2 aromatic carbocycles. The number of rotatable bonds is 5. The van der Waals surface area contributed by atoms with Gasteiger partial charge in [0.1, 0.15) is 5.82 Å². The number of carbonyl (C=O) groups excluding carboxylic acids is 1. The van der Waals surface area contributed by atoms with E-state index in [0.29, 0.717) is 23.5 Å². The normalized spacial score (nSPS) is 10.5. The number of hydrogen-bond donors (Lipinski definition) is 2. The van der Waals surface area contributed by atoms with Crippen molar-refractivity contribution in [1.82, 2.24) is 10.2 Å². The lowest BCUT2D eigenvalue weighted by molar-refractivity contribution is 0.102. The van der Waals surface area contributed by atoms with E-state index in [1.54, 1.807) is 12.1 Å². The van der Waals surface area contributed by atoms with Crippen LogP contribution in [0, 0.1) is 17.5 Å². The van der Waals surface area contributed by atoms with Gasteiger partial charge in [0.25, 0.3) is 5.91 Å². The molecule has 0 unspecified atom stereocenters. The predicted molar refractivity (Wildman–Crippen MR) is 95.1 cm³/mol. The van der Waals surface area contributed by atoms with Crippen molar-refractivity contribution in [2.75, 3.05) is 10.6 Å². The molecule has 0 aliphatic heterocycles. The van der Waals surface area contributed by atoms with E-state index in [1.807, 2.05) is 12.1 Å². The minimum Gasteiger partial charge on any atom is -0.365 e. The zero-order valence-electron chi connectivity index (χ0n) is 13.6. The first-order chi connectivity index (χ1) is 12.9. The van der Waals surface area contributed by atoms with Crippen molar-refractivity contribution in [3.63, 3.8) is 0 Å². The van der Waals surface area contributed by atoms with Crippen LogP contribution in [0.15, 0.2) is 48.5 Å². The molecule has 1 aromatic heterocycles. The van der Waals surface area contributed by atoms with Crippen LogP contribution in [-0.4, -0.2) is 16.1 Å². The van der Waals surface area contributed by atoms with Gasteiger partial charge in [-0.25, -0.2) is 13.2 Å². The van der Waals surface area contributed by atoms with E-state index >= 15 is 0 Å². The molecule has 3 aromatic rings. The fourth-order valence-electron chi connectivity index (χ4n) is 2.15. The second-order valence-corrected chi connectivity index (χ2v) is 5.90. The molecule has 0 spiro atoms. The number of amides is 1. The van der Waals surface area contributed by atoms with Crippen LogP contribution in [0.4, 0.5) is 24.7 Å². The summed E-state index contributed by atoms with van der Waals surface area (Å²) in [6, 6.07) is 11.7. The first-order valence-electron chi connectivity index (χ1n) is 7.71. The number of anilines is 2. The van der Waals surface area contributed by atoms with Crippen LogP contribution in [-0.2, 0) is 6.54 Å². The molecule has 138 valence electrons. The molecule has 0 saturated heterocycles. The Morgan fingerprint density at radius 3 is 2.33 bits per heavy atom. The maximum absolute atomic E-state index is 13.6. The third kappa shape index (κ3) is 4.53. The summed E-state index contributed by atoms with van der Waals surface area (Å²) >= 11 is 5.82. The van der Waals surface area contributed by atoms with Crippen LogP contribution in [0.25, 0.3) is 0 Å². The molecule has 0 radical (unpaired) electrons. The van der Waals surface area contributed by atoms with Crippen LogP contribution in [0.1, 0.15) is 16.1 Å². The van der Waals surface area contributed by atoms with Crippen molar-refractivity contribution in [3.8, 4) is 0 Å². The van der Waals surface area contributed by atoms with Gasteiger partial charge in [-0.15, -0.1) is 10.2 Å². The summed E-state index contributed by atoms with van der Waals surface area (Å²) in [7, 11) is 0. The fourth-order valence-corrected chi connectivity index (χ4v) is 2.28. The summed E-state index contributed by atoms with van der Waals surface area (Å²) in [4.78, 5) is 12.1. The monoisotopic (exact) mass is 392 g/mol. The van der Waals surface area contributed by atoms with Gasteiger partial charge in [-0.1, -0.05) is 23.7 Å². The molecule has 2 N–H and O–H groups in total. The van der Waals surface area contributed by atoms with Gasteiger partial charge in [-0.05, 0) is 42.0 Å². The minimum absolute atomic E-state index is 0.115. The lowest BCUT2D eigenvalue weighted by Crippen LogP contribution is -2.16. The maximum atomic E-state index is 13.6. The Balaban J connectivity index is 1.63. The Kier molecular flexibility index (Phi) is 5.56. The lowest BCUT2D eigenvalue weighted by Gasteiger charge is -2.08. The molecular weight excluding hydrogens is 381 g/mol. The Hall–Kier alpha value is -3.13. The quantitative estimate of drug-likeness (QED) is 0.631. The van der Waals surface area contributed by atoms with Gasteiger partial charge in [0.2, 0.25) is 0 Å². The van der Waals surface area contributed by atoms with E-state index in [1.165, 1.54) is 12.1 Å². The van der Waals surface area contributed by atoms with E-state index < -0.39 is 29.0 Å². The van der Waals surface area contributed by atoms with Crippen molar-refractivity contribution in [2.45, 2.75) is 6.54 Å². The van der Waals surface area contributed by atoms with Crippen LogP contribution in [0.2, 0.25) is 5.02 Å². The third-order valence-corrected chi connectivity index (χ3v) is 3.82. The zero-order valence-corrected chi connectivity index (χ0v) is 14.4. The molecule has 5 nitrogen and oxygen atoms in total. The topological polar surface area (TPSA) is 66.9 Å². The first-order valence-corrected chi connectivity index (χ1v) is 8.09. The molecule has 1 amide bonds. The standard InChI is InChI=1S/C18H12ClF3N4O/c19-11-3-1-10(2-4-11)9-23-15-8-7-14(25-26-15)18(27)24-13-6-5-12(20)16(21)17(13)22/h1-8H,9H2,(H,23,26)(H,24,27). The highest BCUT2D eigenvalue weighted by Crippen LogP contribution is 2.20. The van der Waals surface area contributed by atoms with E-state index in [9.17, 15) is 18.0 Å². The number of aromatic nitrogens is 2. The number of benzene rings is 2. The van der Waals surface area contributed by atoms with Gasteiger partial charge < -0.3 is 10.6 Å². The molecule has 0 fully saturated rings. The number of halogens is 4. The Morgan fingerprint density at radius 1 is 0.926 bits per heavy atom. The maximum Gasteiger partial charge on any atom is 0.276 e. The smallest absolute Gasteiger partial charge is 0.276 e. The van der Waals surface area contributed by atoms with Crippen LogP contribution >= 0.6 is 11.6 Å². The summed E-state index contributed by atoms with van der Waals surface area (Å²) in [5.41, 5.74) is 0.360. The minimum atomic E-state index is -1.67. The summed E-state index contributed by atoms with van der Waals surface area (Å²) < 4.78 is 39.7. The summed E-state index contributed by atoms with van der Waals surface area (Å²) in [6.07, 6.45) is 0. The van der Waals surface area contributed by atoms with E-state index in [2.05, 4.69) is 20.8 Å². The number of nitrogens with zero attached hydrogens (tertiary/aromatic N) is 2. The number of hydrogen-bond acceptors (Lipinski definition) is 4. The third-order valence-electron chi connectivity index (χ3n) is 3.57. The lowest BCUT2D eigenvalue weighted by atomic mass is 10.2. The highest BCUT2D eigenvalue weighted by atomic mass is 35.5. The van der Waals surface area contributed by atoms with E-state index in [4.69, 9.17) is 11.6 Å². The molecule has 1 heterocycles. The molecular formula is C18H12ClF3N4O. The van der Waals surface area contributed by atoms with E-state index in [-0.39, 0.29) is 5.69 Å². The van der Waals surface area contributed by atoms with Gasteiger partial charge >= 0.3 is 0 Å². The zero-order chi connectivity index (χ0) is 19.4. The second-order valence-electron chi connectivity index (χ2n) is 5.46. The molecule has 0 bridgehead atoms. The first kappa shape index (κ1) is 18.7. The highest BCUT2D eigenvalue weighted by molar-refractivity contribution is 6.30. The van der Waals surface area contributed by atoms with Crippen LogP contribution in [0.5, 0.6) is 0 Å². The van der Waals surface area contributed by atoms with Crippen molar-refractivity contribution >= 4 is 29.0 Å². The average Bonchev–Trinajstić information content (AvgIpc) is 2.68. The second kappa shape index (κ2) is 8.05. The Bertz CT molecular complexity index is 966. The molecule has 0 saturated carbocycles. The predicted octanol–water partition coefficient (Wildman–Crippen LogP) is 4.41. The van der Waals surface area contributed by atoms with Gasteiger partial charge in [-0.3, -0.25) is 4.79 Å². The van der Waals surface area contributed by atoms with Gasteiger partial charge in [0.15, 0.2) is 23.1 Å². The van der Waals surface area contributed by atoms with Crippen molar-refractivity contribution in [3.05, 3.63) is 82.3 Å². The number of nitrogens with one attached hydrogen (secondary N) is 2. The SMILES string of the molecule is O=C(Nc1ccc(F)c(F)c1F)c1ccc(NCc2ccc(Cl)cc2)nn1. The Morgan fingerprint density at radius 2 is 1.67 bits per heavy atom. The number of carbonyl (C=O) groups is 1. The average molecular weight is 393 g/mol. The largest absolute Gasteiger partial charge is 0.365 e. The van der Waals surface area contributed by atoms with Crippen molar-refractivity contribution in [1.29, 1.82) is 0 Å². The Labute approximate surface area is 157 Å². The summed E-state index contributed by atoms with van der Waals surface area (Å²) in [5, 5.41) is 13.4. The fraction of sp³-hybridized carbons (Fsp3) is 0.0556. The van der Waals surface area contributed by atoms with E-state index in [0.717, 1.165) is 11.6 Å². The van der Waals surface area contributed by atoms with Crippen molar-refractivity contribution in [2.24, 2.45) is 0 Å². The molecule has 0 aliphatic carbocycles. The summed E-state index contributed by atoms with van der Waals surface area (Å²) in [6.45, 7) is 0.470.